The summed E-state index contributed by atoms with van der Waals surface area (Å²) in [5, 5.41) is 0. The first kappa shape index (κ1) is 12.8. The maximum atomic E-state index is 10.2. The molecule has 0 amide bonds. The van der Waals surface area contributed by atoms with Gasteiger partial charge in [-0.2, -0.15) is 8.42 Å². The Morgan fingerprint density at radius 3 is 1.60 bits per heavy atom. The van der Waals surface area contributed by atoms with Crippen LogP contribution < -0.4 is 0 Å². The van der Waals surface area contributed by atoms with Gasteiger partial charge < -0.3 is 0 Å². The summed E-state index contributed by atoms with van der Waals surface area (Å²) >= 11 is 0. The molecule has 0 saturated heterocycles. The summed E-state index contributed by atoms with van der Waals surface area (Å²) in [5.74, 6) is -0.181. The third-order valence-corrected chi connectivity index (χ3v) is 1.85. The molecule has 0 unspecified atom stereocenters. The zero-order valence-corrected chi connectivity index (χ0v) is 7.92. The van der Waals surface area contributed by atoms with E-state index in [4.69, 9.17) is 4.55 Å². The Hall–Kier alpha value is 0.200. The van der Waals surface area contributed by atoms with E-state index in [1.54, 1.807) is 20.8 Å². The summed E-state index contributed by atoms with van der Waals surface area (Å²) in [6.45, 7) is 5.25. The molecule has 0 atom stereocenters. The molecule has 0 bridgehead atoms. The molecule has 5 heteroatoms. The zero-order chi connectivity index (χ0) is 7.71. The smallest absolute Gasteiger partial charge is 0.265 e. The fraction of sp³-hybridized carbons (Fsp3) is 1.00. The first-order valence-electron chi connectivity index (χ1n) is 2.66. The molecule has 0 aromatic heterocycles. The first-order valence-corrected chi connectivity index (χ1v) is 4.27. The van der Waals surface area contributed by atoms with Crippen molar-refractivity contribution in [1.82, 2.24) is 0 Å². The maximum absolute atomic E-state index is 10.2. The van der Waals surface area contributed by atoms with Gasteiger partial charge in [-0.15, -0.1) is 12.4 Å². The third-order valence-electron chi connectivity index (χ3n) is 0.615. The second kappa shape index (κ2) is 3.55. The quantitative estimate of drug-likeness (QED) is 0.632. The second-order valence-corrected chi connectivity index (χ2v) is 4.74. The van der Waals surface area contributed by atoms with E-state index >= 15 is 0 Å². The van der Waals surface area contributed by atoms with Crippen molar-refractivity contribution in [3.05, 3.63) is 0 Å². The van der Waals surface area contributed by atoms with Gasteiger partial charge in [0.05, 0.1) is 5.75 Å². The summed E-state index contributed by atoms with van der Waals surface area (Å²) < 4.78 is 28.7. The van der Waals surface area contributed by atoms with E-state index < -0.39 is 10.1 Å². The Bertz CT molecular complexity index is 178. The SMILES string of the molecule is CC(C)(C)CS(=O)(=O)O.Cl. The monoisotopic (exact) mass is 188 g/mol. The van der Waals surface area contributed by atoms with Crippen LogP contribution in [0.3, 0.4) is 0 Å². The number of rotatable bonds is 1. The van der Waals surface area contributed by atoms with Crippen LogP contribution in [0.2, 0.25) is 0 Å². The standard InChI is InChI=1S/C5H12O3S.ClH/c1-5(2,3)4-9(6,7)8;/h4H2,1-3H3,(H,6,7,8);1H. The summed E-state index contributed by atoms with van der Waals surface area (Å²) in [7, 11) is -3.78. The summed E-state index contributed by atoms with van der Waals surface area (Å²) in [6.07, 6.45) is 0. The highest BCUT2D eigenvalue weighted by Crippen LogP contribution is 2.14. The lowest BCUT2D eigenvalue weighted by Gasteiger charge is -2.14. The Kier molecular flexibility index (Phi) is 4.56. The van der Waals surface area contributed by atoms with Crippen LogP contribution in [0.25, 0.3) is 0 Å². The Morgan fingerprint density at radius 1 is 1.30 bits per heavy atom. The number of halogens is 1. The minimum Gasteiger partial charge on any atom is -0.286 e. The van der Waals surface area contributed by atoms with Gasteiger partial charge >= 0.3 is 0 Å². The maximum Gasteiger partial charge on any atom is 0.265 e. The van der Waals surface area contributed by atoms with Gasteiger partial charge in [-0.1, -0.05) is 20.8 Å². The van der Waals surface area contributed by atoms with Gasteiger partial charge in [0.2, 0.25) is 0 Å². The van der Waals surface area contributed by atoms with Gasteiger partial charge in [-0.05, 0) is 5.41 Å². The molecule has 1 N–H and O–H groups in total. The predicted molar refractivity (Wildman–Crippen MR) is 43.1 cm³/mol. The topological polar surface area (TPSA) is 54.4 Å². The number of hydrogen-bond donors (Lipinski definition) is 1. The fourth-order valence-electron chi connectivity index (χ4n) is 0.547. The molecule has 64 valence electrons. The van der Waals surface area contributed by atoms with Crippen molar-refractivity contribution in [3.8, 4) is 0 Å². The fourth-order valence-corrected chi connectivity index (χ4v) is 1.64. The molecule has 0 spiro atoms. The van der Waals surface area contributed by atoms with E-state index in [0.29, 0.717) is 0 Å². The van der Waals surface area contributed by atoms with E-state index in [-0.39, 0.29) is 23.6 Å². The van der Waals surface area contributed by atoms with Crippen LogP contribution >= 0.6 is 12.4 Å². The summed E-state index contributed by atoms with van der Waals surface area (Å²) in [6, 6.07) is 0. The molecule has 0 saturated carbocycles. The van der Waals surface area contributed by atoms with Crippen molar-refractivity contribution in [3.63, 3.8) is 0 Å². The minimum atomic E-state index is -3.78. The van der Waals surface area contributed by atoms with Crippen LogP contribution in [0.15, 0.2) is 0 Å². The summed E-state index contributed by atoms with van der Waals surface area (Å²) in [5.41, 5.74) is -0.354. The third kappa shape index (κ3) is 11.1. The molecular formula is C5H13ClO3S. The molecule has 0 fully saturated rings. The van der Waals surface area contributed by atoms with E-state index in [9.17, 15) is 8.42 Å². The van der Waals surface area contributed by atoms with E-state index in [0.717, 1.165) is 0 Å². The average Bonchev–Trinajstić information content (AvgIpc) is 1.14. The molecule has 0 aliphatic carbocycles. The number of hydrogen-bond acceptors (Lipinski definition) is 2. The molecule has 0 aromatic carbocycles. The van der Waals surface area contributed by atoms with Gasteiger partial charge in [-0.25, -0.2) is 0 Å². The van der Waals surface area contributed by atoms with Crippen LogP contribution in [-0.4, -0.2) is 18.7 Å². The first-order chi connectivity index (χ1) is 3.71. The molecule has 0 aromatic rings. The predicted octanol–water partition coefficient (Wildman–Crippen LogP) is 1.34. The normalized spacial score (nSPS) is 12.4. The van der Waals surface area contributed by atoms with Gasteiger partial charge in [0.25, 0.3) is 10.1 Å². The lowest BCUT2D eigenvalue weighted by atomic mass is 10.0. The molecule has 0 radical (unpaired) electrons. The van der Waals surface area contributed by atoms with Gasteiger partial charge in [0.1, 0.15) is 0 Å². The highest BCUT2D eigenvalue weighted by atomic mass is 35.5. The molecule has 0 aliphatic heterocycles. The van der Waals surface area contributed by atoms with Crippen molar-refractivity contribution < 1.29 is 13.0 Å². The van der Waals surface area contributed by atoms with Crippen LogP contribution in [-0.2, 0) is 10.1 Å². The van der Waals surface area contributed by atoms with Crippen molar-refractivity contribution in [2.75, 3.05) is 5.75 Å². The van der Waals surface area contributed by atoms with E-state index in [1.807, 2.05) is 0 Å². The lowest BCUT2D eigenvalue weighted by Crippen LogP contribution is -2.19. The molecule has 3 nitrogen and oxygen atoms in total. The van der Waals surface area contributed by atoms with Crippen LogP contribution in [0, 0.1) is 5.41 Å². The largest absolute Gasteiger partial charge is 0.286 e. The van der Waals surface area contributed by atoms with Crippen molar-refractivity contribution in [2.24, 2.45) is 5.41 Å². The van der Waals surface area contributed by atoms with Crippen molar-refractivity contribution in [1.29, 1.82) is 0 Å². The minimum absolute atomic E-state index is 0. The molecule has 0 heterocycles. The van der Waals surface area contributed by atoms with Gasteiger partial charge in [-0.3, -0.25) is 4.55 Å². The van der Waals surface area contributed by atoms with E-state index in [2.05, 4.69) is 0 Å². The van der Waals surface area contributed by atoms with Crippen LogP contribution in [0.4, 0.5) is 0 Å². The Balaban J connectivity index is 0. The molecule has 10 heavy (non-hydrogen) atoms. The lowest BCUT2D eigenvalue weighted by molar-refractivity contribution is 0.422. The van der Waals surface area contributed by atoms with Crippen LogP contribution in [0.5, 0.6) is 0 Å². The highest BCUT2D eigenvalue weighted by molar-refractivity contribution is 7.85. The van der Waals surface area contributed by atoms with Crippen molar-refractivity contribution >= 4 is 22.5 Å². The Labute approximate surface area is 68.0 Å². The molecular weight excluding hydrogens is 176 g/mol. The zero-order valence-electron chi connectivity index (χ0n) is 6.29. The van der Waals surface area contributed by atoms with Gasteiger partial charge in [0, 0.05) is 0 Å². The van der Waals surface area contributed by atoms with E-state index in [1.165, 1.54) is 0 Å². The highest BCUT2D eigenvalue weighted by Gasteiger charge is 2.18. The molecule has 0 rings (SSSR count). The summed E-state index contributed by atoms with van der Waals surface area (Å²) in [4.78, 5) is 0. The average molecular weight is 189 g/mol. The Morgan fingerprint density at radius 2 is 1.60 bits per heavy atom. The second-order valence-electron chi connectivity index (χ2n) is 3.29. The van der Waals surface area contributed by atoms with Gasteiger partial charge in [0.15, 0.2) is 0 Å². The van der Waals surface area contributed by atoms with Crippen molar-refractivity contribution in [2.45, 2.75) is 20.8 Å². The molecule has 0 aliphatic rings. The van der Waals surface area contributed by atoms with Crippen LogP contribution in [0.1, 0.15) is 20.8 Å².